The van der Waals surface area contributed by atoms with Crippen molar-refractivity contribution in [3.63, 3.8) is 0 Å². The van der Waals surface area contributed by atoms with Crippen LogP contribution in [-0.4, -0.2) is 12.1 Å². The lowest BCUT2D eigenvalue weighted by Crippen LogP contribution is -2.18. The summed E-state index contributed by atoms with van der Waals surface area (Å²) in [5, 5.41) is 13.6. The van der Waals surface area contributed by atoms with Gasteiger partial charge in [-0.2, -0.15) is 10.4 Å². The molecule has 3 aromatic rings. The topological polar surface area (TPSA) is 74.5 Å². The smallest absolute Gasteiger partial charge is 0.272 e. The highest BCUT2D eigenvalue weighted by molar-refractivity contribution is 6.33. The lowest BCUT2D eigenvalue weighted by molar-refractivity contribution is 0.0955. The number of hydrogen-bond acceptors (Lipinski definition) is 4. The minimum atomic E-state index is -0.396. The van der Waals surface area contributed by atoms with Crippen LogP contribution in [0.2, 0.25) is 5.02 Å². The van der Waals surface area contributed by atoms with E-state index < -0.39 is 5.91 Å². The molecular formula is C23H18ClN3O2. The van der Waals surface area contributed by atoms with Crippen LogP contribution in [-0.2, 0) is 6.61 Å². The Kier molecular flexibility index (Phi) is 6.62. The molecule has 29 heavy (non-hydrogen) atoms. The summed E-state index contributed by atoms with van der Waals surface area (Å²) in [5.41, 5.74) is 5.86. The largest absolute Gasteiger partial charge is 0.488 e. The van der Waals surface area contributed by atoms with Crippen molar-refractivity contribution in [1.82, 2.24) is 5.43 Å². The van der Waals surface area contributed by atoms with E-state index in [-0.39, 0.29) is 6.61 Å². The van der Waals surface area contributed by atoms with Gasteiger partial charge in [0.2, 0.25) is 0 Å². The average Bonchev–Trinajstić information content (AvgIpc) is 2.73. The number of hydrazone groups is 1. The second-order valence-corrected chi connectivity index (χ2v) is 6.69. The molecular weight excluding hydrogens is 386 g/mol. The van der Waals surface area contributed by atoms with Crippen molar-refractivity contribution < 1.29 is 9.53 Å². The van der Waals surface area contributed by atoms with Crippen molar-refractivity contribution in [2.45, 2.75) is 13.5 Å². The number of halogens is 1. The summed E-state index contributed by atoms with van der Waals surface area (Å²) in [6, 6.07) is 21.9. The third-order valence-electron chi connectivity index (χ3n) is 4.18. The molecule has 0 aliphatic heterocycles. The van der Waals surface area contributed by atoms with Gasteiger partial charge < -0.3 is 4.74 Å². The first-order chi connectivity index (χ1) is 14.1. The van der Waals surface area contributed by atoms with Crippen LogP contribution in [0.25, 0.3) is 0 Å². The number of carbonyl (C=O) groups excluding carboxylic acids is 1. The van der Waals surface area contributed by atoms with Gasteiger partial charge in [-0.25, -0.2) is 5.43 Å². The minimum Gasteiger partial charge on any atom is -0.488 e. The molecule has 5 nitrogen and oxygen atoms in total. The molecule has 0 saturated carbocycles. The van der Waals surface area contributed by atoms with Gasteiger partial charge in [0.25, 0.3) is 5.91 Å². The monoisotopic (exact) mass is 403 g/mol. The zero-order valence-electron chi connectivity index (χ0n) is 15.7. The fraction of sp³-hybridized carbons (Fsp3) is 0.0870. The first-order valence-corrected chi connectivity index (χ1v) is 9.25. The molecule has 3 rings (SSSR count). The third-order valence-corrected chi connectivity index (χ3v) is 4.49. The van der Waals surface area contributed by atoms with Crippen LogP contribution >= 0.6 is 11.6 Å². The lowest BCUT2D eigenvalue weighted by Gasteiger charge is -2.10. The summed E-state index contributed by atoms with van der Waals surface area (Å²) < 4.78 is 5.86. The van der Waals surface area contributed by atoms with Crippen LogP contribution in [0.5, 0.6) is 5.75 Å². The highest BCUT2D eigenvalue weighted by atomic mass is 35.5. The molecule has 6 heteroatoms. The van der Waals surface area contributed by atoms with Gasteiger partial charge in [-0.05, 0) is 42.8 Å². The van der Waals surface area contributed by atoms with Crippen molar-refractivity contribution >= 4 is 23.7 Å². The third kappa shape index (κ3) is 5.22. The van der Waals surface area contributed by atoms with E-state index >= 15 is 0 Å². The number of hydrogen-bond donors (Lipinski definition) is 1. The number of nitriles is 1. The van der Waals surface area contributed by atoms with E-state index in [2.05, 4.69) is 16.6 Å². The Hall–Kier alpha value is -3.62. The van der Waals surface area contributed by atoms with E-state index in [0.29, 0.717) is 27.5 Å². The molecule has 0 unspecified atom stereocenters. The van der Waals surface area contributed by atoms with Crippen molar-refractivity contribution in [1.29, 1.82) is 5.26 Å². The van der Waals surface area contributed by atoms with E-state index in [1.807, 2.05) is 49.4 Å². The maximum atomic E-state index is 12.3. The Bertz CT molecular complexity index is 1100. The molecule has 0 fully saturated rings. The van der Waals surface area contributed by atoms with E-state index in [9.17, 15) is 10.1 Å². The average molecular weight is 404 g/mol. The van der Waals surface area contributed by atoms with E-state index in [1.165, 1.54) is 6.21 Å². The highest BCUT2D eigenvalue weighted by Gasteiger charge is 2.09. The summed E-state index contributed by atoms with van der Waals surface area (Å²) >= 11 is 6.11. The number of nitrogens with zero attached hydrogens (tertiary/aromatic N) is 2. The Balaban J connectivity index is 1.69. The van der Waals surface area contributed by atoms with Gasteiger partial charge >= 0.3 is 0 Å². The molecule has 0 aliphatic rings. The molecule has 0 saturated heterocycles. The zero-order chi connectivity index (χ0) is 20.6. The number of para-hydroxylation sites is 1. The van der Waals surface area contributed by atoms with Crippen molar-refractivity contribution in [2.75, 3.05) is 0 Å². The maximum absolute atomic E-state index is 12.3. The Morgan fingerprint density at radius 2 is 1.93 bits per heavy atom. The molecule has 0 aliphatic carbocycles. The Labute approximate surface area is 174 Å². The van der Waals surface area contributed by atoms with Crippen molar-refractivity contribution in [3.05, 3.63) is 99.6 Å². The van der Waals surface area contributed by atoms with Gasteiger partial charge in [0, 0.05) is 11.1 Å². The first-order valence-electron chi connectivity index (χ1n) is 8.88. The molecule has 0 spiro atoms. The number of amides is 1. The molecule has 1 amide bonds. The van der Waals surface area contributed by atoms with Crippen LogP contribution in [0.15, 0.2) is 71.8 Å². The maximum Gasteiger partial charge on any atom is 0.272 e. The predicted octanol–water partition coefficient (Wildman–Crippen LogP) is 4.86. The lowest BCUT2D eigenvalue weighted by atomic mass is 10.1. The molecule has 0 bridgehead atoms. The van der Waals surface area contributed by atoms with E-state index in [4.69, 9.17) is 16.3 Å². The normalized spacial score (nSPS) is 10.5. The molecule has 1 N–H and O–H groups in total. The van der Waals surface area contributed by atoms with Crippen LogP contribution < -0.4 is 10.2 Å². The molecule has 0 radical (unpaired) electrons. The fourth-order valence-electron chi connectivity index (χ4n) is 2.65. The van der Waals surface area contributed by atoms with Crippen molar-refractivity contribution in [2.24, 2.45) is 5.10 Å². The van der Waals surface area contributed by atoms with Gasteiger partial charge in [-0.3, -0.25) is 4.79 Å². The van der Waals surface area contributed by atoms with Gasteiger partial charge in [0.15, 0.2) is 0 Å². The first kappa shape index (κ1) is 20.1. The minimum absolute atomic E-state index is 0.250. The van der Waals surface area contributed by atoms with Crippen LogP contribution in [0.3, 0.4) is 0 Å². The number of ether oxygens (including phenoxy) is 1. The van der Waals surface area contributed by atoms with Gasteiger partial charge in [0.1, 0.15) is 12.4 Å². The Morgan fingerprint density at radius 3 is 2.72 bits per heavy atom. The molecule has 3 aromatic carbocycles. The summed E-state index contributed by atoms with van der Waals surface area (Å²) in [6.45, 7) is 2.15. The number of carbonyl (C=O) groups is 1. The standard InChI is InChI=1S/C23H18ClN3O2/c1-16-10-11-20(21(24)12-16)23(28)27-26-14-18-7-4-5-9-22(18)29-15-19-8-3-2-6-17(19)13-25/h2-12,14H,15H2,1H3,(H,27,28)/b26-14-. The summed E-state index contributed by atoms with van der Waals surface area (Å²) in [7, 11) is 0. The van der Waals surface area contributed by atoms with Gasteiger partial charge in [0.05, 0.1) is 28.4 Å². The van der Waals surface area contributed by atoms with Crippen molar-refractivity contribution in [3.8, 4) is 11.8 Å². The summed E-state index contributed by atoms with van der Waals surface area (Å²) in [6.07, 6.45) is 1.51. The van der Waals surface area contributed by atoms with E-state index in [1.54, 1.807) is 24.3 Å². The van der Waals surface area contributed by atoms with Gasteiger partial charge in [-0.15, -0.1) is 0 Å². The SMILES string of the molecule is Cc1ccc(C(=O)N/N=C\c2ccccc2OCc2ccccc2C#N)c(Cl)c1. The molecule has 0 heterocycles. The Morgan fingerprint density at radius 1 is 1.17 bits per heavy atom. The number of rotatable bonds is 6. The zero-order valence-corrected chi connectivity index (χ0v) is 16.5. The second kappa shape index (κ2) is 9.54. The highest BCUT2D eigenvalue weighted by Crippen LogP contribution is 2.19. The summed E-state index contributed by atoms with van der Waals surface area (Å²) in [4.78, 5) is 12.3. The van der Waals surface area contributed by atoms with E-state index in [0.717, 1.165) is 11.1 Å². The summed E-state index contributed by atoms with van der Waals surface area (Å²) in [5.74, 6) is 0.194. The predicted molar refractivity (Wildman–Crippen MR) is 113 cm³/mol. The van der Waals surface area contributed by atoms with Crippen LogP contribution in [0.1, 0.15) is 32.6 Å². The fourth-order valence-corrected chi connectivity index (χ4v) is 2.98. The number of aryl methyl sites for hydroxylation is 1. The number of nitrogens with one attached hydrogen (secondary N) is 1. The second-order valence-electron chi connectivity index (χ2n) is 6.28. The van der Waals surface area contributed by atoms with Crippen LogP contribution in [0.4, 0.5) is 0 Å². The molecule has 0 atom stereocenters. The number of benzene rings is 3. The molecule has 0 aromatic heterocycles. The quantitative estimate of drug-likeness (QED) is 0.471. The van der Waals surface area contributed by atoms with Gasteiger partial charge in [-0.1, -0.05) is 48.0 Å². The molecule has 144 valence electrons. The van der Waals surface area contributed by atoms with Crippen LogP contribution in [0, 0.1) is 18.3 Å².